The van der Waals surface area contributed by atoms with E-state index in [0.717, 1.165) is 28.7 Å². The molecule has 0 spiro atoms. The second-order valence-corrected chi connectivity index (χ2v) is 6.33. The number of nitrogens with two attached hydrogens (primary N) is 1. The molecule has 0 saturated carbocycles. The fourth-order valence-electron chi connectivity index (χ4n) is 2.61. The molecule has 0 bridgehead atoms. The van der Waals surface area contributed by atoms with Crippen LogP contribution in [0.3, 0.4) is 0 Å². The summed E-state index contributed by atoms with van der Waals surface area (Å²) in [6.45, 7) is 0.954. The van der Waals surface area contributed by atoms with Crippen LogP contribution in [0.1, 0.15) is 22.6 Å². The molecule has 4 heteroatoms. The van der Waals surface area contributed by atoms with Gasteiger partial charge in [-0.15, -0.1) is 0 Å². The van der Waals surface area contributed by atoms with Gasteiger partial charge in [-0.05, 0) is 51.7 Å². The van der Waals surface area contributed by atoms with E-state index >= 15 is 0 Å². The Morgan fingerprint density at radius 3 is 2.80 bits per heavy atom. The largest absolute Gasteiger partial charge is 0.389 e. The molecule has 0 saturated heterocycles. The van der Waals surface area contributed by atoms with E-state index in [1.54, 1.807) is 0 Å². The highest BCUT2D eigenvalue weighted by Crippen LogP contribution is 2.35. The zero-order valence-corrected chi connectivity index (χ0v) is 13.3. The van der Waals surface area contributed by atoms with Crippen molar-refractivity contribution in [2.45, 2.75) is 12.3 Å². The molecule has 0 fully saturated rings. The first kappa shape index (κ1) is 13.6. The van der Waals surface area contributed by atoms with Crippen molar-refractivity contribution in [2.75, 3.05) is 11.9 Å². The minimum absolute atomic E-state index is 0.413. The Kier molecular flexibility index (Phi) is 3.76. The third-order valence-electron chi connectivity index (χ3n) is 3.75. The number of hydrogen-bond acceptors (Lipinski definition) is 2. The van der Waals surface area contributed by atoms with Gasteiger partial charge in [0.25, 0.3) is 0 Å². The fraction of sp³-hybridized carbons (Fsp3) is 0.188. The van der Waals surface area contributed by atoms with Crippen LogP contribution < -0.4 is 11.1 Å². The van der Waals surface area contributed by atoms with Crippen LogP contribution in [0.15, 0.2) is 46.9 Å². The van der Waals surface area contributed by atoms with Crippen LogP contribution in [0.4, 0.5) is 5.69 Å². The molecule has 1 aliphatic carbocycles. The summed E-state index contributed by atoms with van der Waals surface area (Å²) >= 11 is 8.50. The molecule has 0 aliphatic heterocycles. The zero-order valence-electron chi connectivity index (χ0n) is 10.9. The third-order valence-corrected chi connectivity index (χ3v) is 4.62. The average Bonchev–Trinajstić information content (AvgIpc) is 2.39. The van der Waals surface area contributed by atoms with Gasteiger partial charge in [-0.2, -0.15) is 0 Å². The molecule has 3 N–H and O–H groups in total. The maximum absolute atomic E-state index is 5.65. The van der Waals surface area contributed by atoms with E-state index in [2.05, 4.69) is 45.5 Å². The lowest BCUT2D eigenvalue weighted by Crippen LogP contribution is -2.24. The van der Waals surface area contributed by atoms with Crippen molar-refractivity contribution in [2.24, 2.45) is 5.73 Å². The van der Waals surface area contributed by atoms with E-state index < -0.39 is 0 Å². The normalized spacial score (nSPS) is 16.1. The van der Waals surface area contributed by atoms with E-state index in [-0.39, 0.29) is 0 Å². The quantitative estimate of drug-likeness (QED) is 0.826. The Bertz CT molecular complexity index is 669. The number of halogens is 1. The molecule has 1 unspecified atom stereocenters. The predicted molar refractivity (Wildman–Crippen MR) is 91.4 cm³/mol. The van der Waals surface area contributed by atoms with Gasteiger partial charge < -0.3 is 11.1 Å². The molecule has 2 nitrogen and oxygen atoms in total. The molecule has 2 aromatic rings. The smallest absolute Gasteiger partial charge is 0.105 e. The fourth-order valence-corrected chi connectivity index (χ4v) is 3.51. The van der Waals surface area contributed by atoms with E-state index in [9.17, 15) is 0 Å². The highest BCUT2D eigenvalue weighted by atomic mass is 79.9. The average molecular weight is 347 g/mol. The number of nitrogens with one attached hydrogen (secondary N) is 1. The number of rotatable bonds is 4. The lowest BCUT2D eigenvalue weighted by Gasteiger charge is -2.30. The van der Waals surface area contributed by atoms with E-state index in [4.69, 9.17) is 18.0 Å². The Hall–Kier alpha value is -1.39. The van der Waals surface area contributed by atoms with Crippen LogP contribution >= 0.6 is 28.1 Å². The SMILES string of the molecule is NC(=S)c1ccc(NCC2Cc3ccccc32)cc1Br. The summed E-state index contributed by atoms with van der Waals surface area (Å²) in [7, 11) is 0. The van der Waals surface area contributed by atoms with Crippen molar-refractivity contribution in [3.63, 3.8) is 0 Å². The highest BCUT2D eigenvalue weighted by molar-refractivity contribution is 9.10. The lowest BCUT2D eigenvalue weighted by molar-refractivity contribution is 0.636. The van der Waals surface area contributed by atoms with Crippen LogP contribution in [-0.2, 0) is 6.42 Å². The third kappa shape index (κ3) is 2.58. The summed E-state index contributed by atoms with van der Waals surface area (Å²) in [4.78, 5) is 0.413. The van der Waals surface area contributed by atoms with E-state index in [1.807, 2.05) is 18.2 Å². The van der Waals surface area contributed by atoms with E-state index in [0.29, 0.717) is 10.9 Å². The Morgan fingerprint density at radius 2 is 2.10 bits per heavy atom. The summed E-state index contributed by atoms with van der Waals surface area (Å²) in [5.74, 6) is 0.611. The van der Waals surface area contributed by atoms with Gasteiger partial charge in [0.1, 0.15) is 4.99 Å². The first-order valence-corrected chi connectivity index (χ1v) is 7.76. The van der Waals surface area contributed by atoms with Crippen LogP contribution in [0, 0.1) is 0 Å². The minimum atomic E-state index is 0.413. The first-order chi connectivity index (χ1) is 9.65. The van der Waals surface area contributed by atoms with Crippen molar-refractivity contribution < 1.29 is 0 Å². The van der Waals surface area contributed by atoms with Gasteiger partial charge in [0, 0.05) is 28.2 Å². The summed E-state index contributed by atoms with van der Waals surface area (Å²) in [5, 5.41) is 3.48. The van der Waals surface area contributed by atoms with Crippen LogP contribution in [0.2, 0.25) is 0 Å². The molecule has 0 aromatic heterocycles. The second kappa shape index (κ2) is 5.54. The van der Waals surface area contributed by atoms with Crippen LogP contribution in [0.25, 0.3) is 0 Å². The lowest BCUT2D eigenvalue weighted by atomic mass is 9.77. The van der Waals surface area contributed by atoms with Gasteiger partial charge in [0.15, 0.2) is 0 Å². The topological polar surface area (TPSA) is 38.0 Å². The predicted octanol–water partition coefficient (Wildman–Crippen LogP) is 3.84. The van der Waals surface area contributed by atoms with Gasteiger partial charge in [0.2, 0.25) is 0 Å². The zero-order chi connectivity index (χ0) is 14.1. The molecule has 0 radical (unpaired) electrons. The monoisotopic (exact) mass is 346 g/mol. The Labute approximate surface area is 132 Å². The van der Waals surface area contributed by atoms with Crippen molar-refractivity contribution in [3.05, 3.63) is 63.6 Å². The number of thiocarbonyl (C=S) groups is 1. The second-order valence-electron chi connectivity index (χ2n) is 5.04. The van der Waals surface area contributed by atoms with Gasteiger partial charge in [-0.1, -0.05) is 36.5 Å². The summed E-state index contributed by atoms with van der Waals surface area (Å²) in [6, 6.07) is 14.6. The number of hydrogen-bond donors (Lipinski definition) is 2. The van der Waals surface area contributed by atoms with Gasteiger partial charge in [0.05, 0.1) is 0 Å². The first-order valence-electron chi connectivity index (χ1n) is 6.56. The molecule has 3 rings (SSSR count). The van der Waals surface area contributed by atoms with Crippen LogP contribution in [0.5, 0.6) is 0 Å². The molecule has 1 aliphatic rings. The molecule has 20 heavy (non-hydrogen) atoms. The maximum atomic E-state index is 5.65. The molecule has 0 heterocycles. The van der Waals surface area contributed by atoms with Crippen LogP contribution in [-0.4, -0.2) is 11.5 Å². The number of anilines is 1. The van der Waals surface area contributed by atoms with Crippen molar-refractivity contribution in [3.8, 4) is 0 Å². The molecule has 1 atom stereocenters. The molecule has 102 valence electrons. The minimum Gasteiger partial charge on any atom is -0.389 e. The summed E-state index contributed by atoms with van der Waals surface area (Å²) < 4.78 is 0.934. The summed E-state index contributed by atoms with van der Waals surface area (Å²) in [6.07, 6.45) is 1.16. The Morgan fingerprint density at radius 1 is 1.30 bits per heavy atom. The van der Waals surface area contributed by atoms with Crippen molar-refractivity contribution in [1.82, 2.24) is 0 Å². The van der Waals surface area contributed by atoms with Gasteiger partial charge in [-0.25, -0.2) is 0 Å². The highest BCUT2D eigenvalue weighted by Gasteiger charge is 2.24. The molecule has 0 amide bonds. The van der Waals surface area contributed by atoms with Gasteiger partial charge in [-0.3, -0.25) is 0 Å². The molecular weight excluding hydrogens is 332 g/mol. The standard InChI is InChI=1S/C16H15BrN2S/c17-15-8-12(5-6-14(15)16(18)20)19-9-11-7-10-3-1-2-4-13(10)11/h1-6,8,11,19H,7,9H2,(H2,18,20). The number of benzene rings is 2. The number of fused-ring (bicyclic) bond motifs is 1. The van der Waals surface area contributed by atoms with E-state index in [1.165, 1.54) is 11.1 Å². The van der Waals surface area contributed by atoms with Gasteiger partial charge >= 0.3 is 0 Å². The maximum Gasteiger partial charge on any atom is 0.105 e. The van der Waals surface area contributed by atoms with Crippen molar-refractivity contribution >= 4 is 38.8 Å². The summed E-state index contributed by atoms with van der Waals surface area (Å²) in [5.41, 5.74) is 10.6. The molecular formula is C16H15BrN2S. The molecule has 2 aromatic carbocycles. The van der Waals surface area contributed by atoms with Crippen molar-refractivity contribution in [1.29, 1.82) is 0 Å². The Balaban J connectivity index is 1.66.